The molecule has 0 aliphatic rings. The van der Waals surface area contributed by atoms with E-state index in [0.29, 0.717) is 6.04 Å². The molecule has 0 amide bonds. The van der Waals surface area contributed by atoms with E-state index >= 15 is 0 Å². The number of nitrogens with one attached hydrogen (secondary N) is 1. The third kappa shape index (κ3) is 4.28. The second-order valence-electron chi connectivity index (χ2n) is 3.57. The fourth-order valence-electron chi connectivity index (χ4n) is 1.44. The van der Waals surface area contributed by atoms with Gasteiger partial charge in [-0.05, 0) is 19.3 Å². The molecule has 0 aliphatic heterocycles. The summed E-state index contributed by atoms with van der Waals surface area (Å²) in [7, 11) is 0. The van der Waals surface area contributed by atoms with Gasteiger partial charge in [0.25, 0.3) is 0 Å². The van der Waals surface area contributed by atoms with Gasteiger partial charge in [0, 0.05) is 30.3 Å². The molecule has 0 bridgehead atoms. The van der Waals surface area contributed by atoms with Crippen LogP contribution in [0.4, 0.5) is 0 Å². The summed E-state index contributed by atoms with van der Waals surface area (Å²) in [6, 6.07) is 0.419. The first kappa shape index (κ1) is 12.6. The third-order valence-electron chi connectivity index (χ3n) is 2.44. The van der Waals surface area contributed by atoms with Crippen LogP contribution in [0.1, 0.15) is 36.6 Å². The van der Waals surface area contributed by atoms with Crippen LogP contribution in [0.15, 0.2) is 6.20 Å². The lowest BCUT2D eigenvalue weighted by Gasteiger charge is -2.14. The van der Waals surface area contributed by atoms with Crippen molar-refractivity contribution in [3.05, 3.63) is 16.1 Å². The Bertz CT molecular complexity index is 275. The highest BCUT2D eigenvalue weighted by Crippen LogP contribution is 2.13. The highest BCUT2D eigenvalue weighted by molar-refractivity contribution is 7.11. The largest absolute Gasteiger partial charge is 0.396 e. The number of hydrogen-bond donors (Lipinski definition) is 2. The van der Waals surface area contributed by atoms with Crippen LogP contribution in [0.3, 0.4) is 0 Å². The molecule has 0 fully saturated rings. The molecule has 1 aromatic heterocycles. The lowest BCUT2D eigenvalue weighted by atomic mass is 10.1. The summed E-state index contributed by atoms with van der Waals surface area (Å²) in [5.41, 5.74) is 0. The number of aliphatic hydroxyl groups excluding tert-OH is 1. The van der Waals surface area contributed by atoms with Crippen LogP contribution in [-0.2, 0) is 13.0 Å². The molecule has 86 valence electrons. The van der Waals surface area contributed by atoms with E-state index in [2.05, 4.69) is 24.1 Å². The summed E-state index contributed by atoms with van der Waals surface area (Å²) >= 11 is 1.77. The Hall–Kier alpha value is -0.450. The molecule has 0 saturated carbocycles. The van der Waals surface area contributed by atoms with Gasteiger partial charge in [0.05, 0.1) is 5.01 Å². The van der Waals surface area contributed by atoms with Gasteiger partial charge in [-0.3, -0.25) is 0 Å². The minimum atomic E-state index is 0.258. The molecule has 1 atom stereocenters. The smallest absolute Gasteiger partial charge is 0.0925 e. The summed E-state index contributed by atoms with van der Waals surface area (Å²) in [4.78, 5) is 5.59. The van der Waals surface area contributed by atoms with Crippen molar-refractivity contribution < 1.29 is 5.11 Å². The maximum absolute atomic E-state index is 8.86. The quantitative estimate of drug-likeness (QED) is 0.750. The summed E-state index contributed by atoms with van der Waals surface area (Å²) in [5.74, 6) is 0. The monoisotopic (exact) mass is 228 g/mol. The van der Waals surface area contributed by atoms with Gasteiger partial charge in [0.15, 0.2) is 0 Å². The van der Waals surface area contributed by atoms with Gasteiger partial charge in [0.1, 0.15) is 0 Å². The maximum atomic E-state index is 8.86. The maximum Gasteiger partial charge on any atom is 0.0925 e. The summed E-state index contributed by atoms with van der Waals surface area (Å²) in [6.45, 7) is 5.39. The van der Waals surface area contributed by atoms with Crippen molar-refractivity contribution in [2.45, 2.75) is 45.7 Å². The summed E-state index contributed by atoms with van der Waals surface area (Å²) < 4.78 is 0. The number of aromatic nitrogens is 1. The first-order valence-electron chi connectivity index (χ1n) is 5.58. The van der Waals surface area contributed by atoms with Crippen molar-refractivity contribution in [3.8, 4) is 0 Å². The van der Waals surface area contributed by atoms with E-state index < -0.39 is 0 Å². The van der Waals surface area contributed by atoms with Crippen molar-refractivity contribution in [2.75, 3.05) is 6.61 Å². The molecule has 1 unspecified atom stereocenters. The minimum absolute atomic E-state index is 0.258. The highest BCUT2D eigenvalue weighted by atomic mass is 32.1. The lowest BCUT2D eigenvalue weighted by molar-refractivity contribution is 0.262. The molecule has 2 N–H and O–H groups in total. The van der Waals surface area contributed by atoms with Gasteiger partial charge in [-0.1, -0.05) is 13.8 Å². The molecule has 3 nitrogen and oxygen atoms in total. The zero-order valence-corrected chi connectivity index (χ0v) is 10.3. The average Bonchev–Trinajstić information content (AvgIpc) is 2.72. The van der Waals surface area contributed by atoms with E-state index in [1.54, 1.807) is 11.3 Å². The van der Waals surface area contributed by atoms with Crippen LogP contribution < -0.4 is 5.32 Å². The number of aliphatic hydroxyl groups is 1. The summed E-state index contributed by atoms with van der Waals surface area (Å²) in [5, 5.41) is 13.5. The predicted octanol–water partition coefficient (Wildman–Crippen LogP) is 1.96. The van der Waals surface area contributed by atoms with E-state index in [-0.39, 0.29) is 6.61 Å². The Morgan fingerprint density at radius 1 is 1.53 bits per heavy atom. The van der Waals surface area contributed by atoms with Crippen molar-refractivity contribution in [2.24, 2.45) is 0 Å². The molecule has 1 heterocycles. The van der Waals surface area contributed by atoms with Crippen molar-refractivity contribution in [3.63, 3.8) is 0 Å². The van der Waals surface area contributed by atoms with E-state index in [9.17, 15) is 0 Å². The summed E-state index contributed by atoms with van der Waals surface area (Å²) in [6.07, 6.45) is 4.84. The van der Waals surface area contributed by atoms with E-state index in [1.165, 1.54) is 9.88 Å². The predicted molar refractivity (Wildman–Crippen MR) is 64.1 cm³/mol. The van der Waals surface area contributed by atoms with Gasteiger partial charge in [-0.25, -0.2) is 4.98 Å². The van der Waals surface area contributed by atoms with Gasteiger partial charge in [-0.2, -0.15) is 0 Å². The van der Waals surface area contributed by atoms with Gasteiger partial charge in [0.2, 0.25) is 0 Å². The second-order valence-corrected chi connectivity index (χ2v) is 4.77. The molecule has 0 aliphatic carbocycles. The fraction of sp³-hybridized carbons (Fsp3) is 0.727. The molecular weight excluding hydrogens is 208 g/mol. The minimum Gasteiger partial charge on any atom is -0.396 e. The first-order chi connectivity index (χ1) is 7.30. The van der Waals surface area contributed by atoms with Gasteiger partial charge < -0.3 is 10.4 Å². The topological polar surface area (TPSA) is 45.2 Å². The number of rotatable bonds is 7. The average molecular weight is 228 g/mol. The molecular formula is C11H20N2OS. The zero-order valence-electron chi connectivity index (χ0n) is 9.49. The standard InChI is InChI=1S/C11H20N2OS/c1-3-9(5-6-14)12-7-10-8-13-11(4-2)15-10/h8-9,12,14H,3-7H2,1-2H3. The Morgan fingerprint density at radius 2 is 2.33 bits per heavy atom. The third-order valence-corrected chi connectivity index (χ3v) is 3.58. The number of aryl methyl sites for hydroxylation is 1. The van der Waals surface area contributed by atoms with Crippen LogP contribution in [0.2, 0.25) is 0 Å². The molecule has 0 spiro atoms. The van der Waals surface area contributed by atoms with Crippen molar-refractivity contribution in [1.29, 1.82) is 0 Å². The van der Waals surface area contributed by atoms with E-state index in [4.69, 9.17) is 5.11 Å². The van der Waals surface area contributed by atoms with Crippen LogP contribution in [0.25, 0.3) is 0 Å². The van der Waals surface area contributed by atoms with Crippen LogP contribution in [-0.4, -0.2) is 22.7 Å². The number of nitrogens with zero attached hydrogens (tertiary/aromatic N) is 1. The normalized spacial score (nSPS) is 13.0. The highest BCUT2D eigenvalue weighted by Gasteiger charge is 2.06. The van der Waals surface area contributed by atoms with Crippen LogP contribution in [0.5, 0.6) is 0 Å². The fourth-order valence-corrected chi connectivity index (χ4v) is 2.26. The van der Waals surface area contributed by atoms with Crippen LogP contribution >= 0.6 is 11.3 Å². The molecule has 1 rings (SSSR count). The lowest BCUT2D eigenvalue weighted by Crippen LogP contribution is -2.28. The van der Waals surface area contributed by atoms with E-state index in [0.717, 1.165) is 25.8 Å². The molecule has 0 radical (unpaired) electrons. The van der Waals surface area contributed by atoms with E-state index in [1.807, 2.05) is 6.20 Å². The van der Waals surface area contributed by atoms with Gasteiger partial charge >= 0.3 is 0 Å². The Morgan fingerprint density at radius 3 is 2.87 bits per heavy atom. The molecule has 4 heteroatoms. The molecule has 0 aromatic carbocycles. The Labute approximate surface area is 95.6 Å². The van der Waals surface area contributed by atoms with Crippen molar-refractivity contribution >= 4 is 11.3 Å². The molecule has 15 heavy (non-hydrogen) atoms. The van der Waals surface area contributed by atoms with Gasteiger partial charge in [-0.15, -0.1) is 11.3 Å². The molecule has 0 saturated heterocycles. The number of hydrogen-bond acceptors (Lipinski definition) is 4. The van der Waals surface area contributed by atoms with Crippen molar-refractivity contribution in [1.82, 2.24) is 10.3 Å². The molecule has 1 aromatic rings. The zero-order chi connectivity index (χ0) is 11.1. The SMILES string of the molecule is CCc1ncc(CNC(CC)CCO)s1. The number of thiazole rings is 1. The second kappa shape index (κ2) is 6.93. The first-order valence-corrected chi connectivity index (χ1v) is 6.39. The Kier molecular flexibility index (Phi) is 5.83. The van der Waals surface area contributed by atoms with Crippen LogP contribution in [0, 0.1) is 0 Å². The Balaban J connectivity index is 2.34.